The highest BCUT2D eigenvalue weighted by Gasteiger charge is 2.01. The zero-order valence-corrected chi connectivity index (χ0v) is 16.2. The molecule has 2 nitrogen and oxygen atoms in total. The Kier molecular flexibility index (Phi) is 19.1. The van der Waals surface area contributed by atoms with Gasteiger partial charge in [0.2, 0.25) is 0 Å². The van der Waals surface area contributed by atoms with Crippen LogP contribution in [0, 0.1) is 0 Å². The zero-order chi connectivity index (χ0) is 17.7. The summed E-state index contributed by atoms with van der Waals surface area (Å²) in [4.78, 5) is 11.4. The molecular formula is C22H40O2. The van der Waals surface area contributed by atoms with Crippen molar-refractivity contribution in [1.82, 2.24) is 0 Å². The summed E-state index contributed by atoms with van der Waals surface area (Å²) in [5, 5.41) is 0. The van der Waals surface area contributed by atoms with Gasteiger partial charge in [-0.05, 0) is 44.9 Å². The number of carbonyl (C=O) groups excluding carboxylic acids is 1. The summed E-state index contributed by atoms with van der Waals surface area (Å²) in [7, 11) is 0. The van der Waals surface area contributed by atoms with Crippen molar-refractivity contribution >= 4 is 5.97 Å². The van der Waals surface area contributed by atoms with E-state index >= 15 is 0 Å². The molecule has 0 unspecified atom stereocenters. The first-order valence-electron chi connectivity index (χ1n) is 10.3. The first kappa shape index (κ1) is 22.9. The van der Waals surface area contributed by atoms with Crippen molar-refractivity contribution in [2.75, 3.05) is 6.61 Å². The SMILES string of the molecule is CCCCC/C=C/C/C=C/CCCCCCCC(=O)OCCCC. The molecule has 0 saturated carbocycles. The molecule has 0 rings (SSSR count). The lowest BCUT2D eigenvalue weighted by atomic mass is 10.1. The molecule has 0 aliphatic heterocycles. The molecule has 0 aromatic rings. The Balaban J connectivity index is 3.24. The summed E-state index contributed by atoms with van der Waals surface area (Å²) in [6.07, 6.45) is 25.2. The van der Waals surface area contributed by atoms with Crippen LogP contribution in [0.4, 0.5) is 0 Å². The molecule has 0 spiro atoms. The van der Waals surface area contributed by atoms with E-state index in [0.717, 1.165) is 32.1 Å². The van der Waals surface area contributed by atoms with Gasteiger partial charge in [-0.1, -0.05) is 76.7 Å². The summed E-state index contributed by atoms with van der Waals surface area (Å²) in [5.74, 6) is -0.0193. The van der Waals surface area contributed by atoms with Gasteiger partial charge in [-0.25, -0.2) is 0 Å². The van der Waals surface area contributed by atoms with Crippen molar-refractivity contribution in [3.8, 4) is 0 Å². The van der Waals surface area contributed by atoms with Crippen LogP contribution >= 0.6 is 0 Å². The zero-order valence-electron chi connectivity index (χ0n) is 16.2. The highest BCUT2D eigenvalue weighted by atomic mass is 16.5. The predicted molar refractivity (Wildman–Crippen MR) is 105 cm³/mol. The molecule has 0 radical (unpaired) electrons. The monoisotopic (exact) mass is 336 g/mol. The van der Waals surface area contributed by atoms with Crippen molar-refractivity contribution < 1.29 is 9.53 Å². The molecule has 0 fully saturated rings. The second kappa shape index (κ2) is 20.0. The molecule has 0 aromatic heterocycles. The van der Waals surface area contributed by atoms with Gasteiger partial charge in [0.15, 0.2) is 0 Å². The molecule has 24 heavy (non-hydrogen) atoms. The molecule has 2 heteroatoms. The lowest BCUT2D eigenvalue weighted by molar-refractivity contribution is -0.143. The Morgan fingerprint density at radius 1 is 0.708 bits per heavy atom. The van der Waals surface area contributed by atoms with Crippen LogP contribution in [0.5, 0.6) is 0 Å². The summed E-state index contributed by atoms with van der Waals surface area (Å²) < 4.78 is 5.15. The quantitative estimate of drug-likeness (QED) is 0.160. The molecular weight excluding hydrogens is 296 g/mol. The molecule has 140 valence electrons. The van der Waals surface area contributed by atoms with Crippen molar-refractivity contribution in [2.24, 2.45) is 0 Å². The van der Waals surface area contributed by atoms with Gasteiger partial charge >= 0.3 is 5.97 Å². The topological polar surface area (TPSA) is 26.3 Å². The van der Waals surface area contributed by atoms with Crippen molar-refractivity contribution in [2.45, 2.75) is 104 Å². The highest BCUT2D eigenvalue weighted by molar-refractivity contribution is 5.69. The number of rotatable bonds is 17. The molecule has 0 N–H and O–H groups in total. The van der Waals surface area contributed by atoms with Crippen molar-refractivity contribution in [1.29, 1.82) is 0 Å². The van der Waals surface area contributed by atoms with Crippen LogP contribution < -0.4 is 0 Å². The van der Waals surface area contributed by atoms with Crippen LogP contribution in [0.2, 0.25) is 0 Å². The molecule has 0 heterocycles. The number of carbonyl (C=O) groups is 1. The van der Waals surface area contributed by atoms with Crippen LogP contribution in [-0.2, 0) is 9.53 Å². The maximum Gasteiger partial charge on any atom is 0.305 e. The third kappa shape index (κ3) is 19.0. The van der Waals surface area contributed by atoms with Gasteiger partial charge in [-0.2, -0.15) is 0 Å². The number of ether oxygens (including phenoxy) is 1. The van der Waals surface area contributed by atoms with Gasteiger partial charge in [-0.3, -0.25) is 4.79 Å². The Morgan fingerprint density at radius 3 is 1.96 bits per heavy atom. The average Bonchev–Trinajstić information content (AvgIpc) is 2.58. The van der Waals surface area contributed by atoms with Gasteiger partial charge in [0.25, 0.3) is 0 Å². The highest BCUT2D eigenvalue weighted by Crippen LogP contribution is 2.09. The van der Waals surface area contributed by atoms with E-state index in [-0.39, 0.29) is 5.97 Å². The summed E-state index contributed by atoms with van der Waals surface area (Å²) in [6.45, 7) is 4.94. The number of allylic oxidation sites excluding steroid dienone is 4. The molecule has 0 aromatic carbocycles. The number of unbranched alkanes of at least 4 members (excludes halogenated alkanes) is 9. The largest absolute Gasteiger partial charge is 0.466 e. The Morgan fingerprint density at radius 2 is 1.29 bits per heavy atom. The van der Waals surface area contributed by atoms with Crippen LogP contribution in [0.3, 0.4) is 0 Å². The normalized spacial score (nSPS) is 11.6. The number of hydrogen-bond acceptors (Lipinski definition) is 2. The van der Waals surface area contributed by atoms with E-state index in [0.29, 0.717) is 13.0 Å². The van der Waals surface area contributed by atoms with Crippen molar-refractivity contribution in [3.05, 3.63) is 24.3 Å². The van der Waals surface area contributed by atoms with Crippen LogP contribution in [0.1, 0.15) is 104 Å². The Labute approximate surface area is 150 Å². The Hall–Kier alpha value is -1.05. The average molecular weight is 337 g/mol. The molecule has 0 aliphatic rings. The second-order valence-corrected chi connectivity index (χ2v) is 6.55. The maximum atomic E-state index is 11.4. The fourth-order valence-corrected chi connectivity index (χ4v) is 2.48. The van der Waals surface area contributed by atoms with Gasteiger partial charge in [0.1, 0.15) is 0 Å². The third-order valence-electron chi connectivity index (χ3n) is 4.09. The van der Waals surface area contributed by atoms with E-state index in [9.17, 15) is 4.79 Å². The number of hydrogen-bond donors (Lipinski definition) is 0. The van der Waals surface area contributed by atoms with E-state index in [2.05, 4.69) is 38.2 Å². The Bertz CT molecular complexity index is 318. The fourth-order valence-electron chi connectivity index (χ4n) is 2.48. The minimum absolute atomic E-state index is 0.0193. The van der Waals surface area contributed by atoms with Gasteiger partial charge in [0, 0.05) is 6.42 Å². The maximum absolute atomic E-state index is 11.4. The standard InChI is InChI=1S/C22H40O2/c1-3-5-7-8-9-10-11-12-13-14-15-16-17-18-19-20-22(23)24-21-6-4-2/h9-10,12-13H,3-8,11,14-21H2,1-2H3/b10-9+,13-12+. The number of esters is 1. The molecule has 0 saturated heterocycles. The van der Waals surface area contributed by atoms with Crippen LogP contribution in [0.25, 0.3) is 0 Å². The molecule has 0 atom stereocenters. The van der Waals surface area contributed by atoms with E-state index in [1.54, 1.807) is 0 Å². The minimum Gasteiger partial charge on any atom is -0.466 e. The lowest BCUT2D eigenvalue weighted by Gasteiger charge is -2.03. The van der Waals surface area contributed by atoms with Crippen LogP contribution in [0.15, 0.2) is 24.3 Å². The predicted octanol–water partition coefficient (Wildman–Crippen LogP) is 7.14. The minimum atomic E-state index is -0.0193. The molecule has 0 aliphatic carbocycles. The molecule has 0 amide bonds. The first-order chi connectivity index (χ1) is 11.8. The molecule has 0 bridgehead atoms. The van der Waals surface area contributed by atoms with Gasteiger partial charge in [-0.15, -0.1) is 0 Å². The smallest absolute Gasteiger partial charge is 0.305 e. The van der Waals surface area contributed by atoms with E-state index in [1.807, 2.05) is 0 Å². The van der Waals surface area contributed by atoms with E-state index in [4.69, 9.17) is 4.74 Å². The summed E-state index contributed by atoms with van der Waals surface area (Å²) >= 11 is 0. The first-order valence-corrected chi connectivity index (χ1v) is 10.3. The third-order valence-corrected chi connectivity index (χ3v) is 4.09. The summed E-state index contributed by atoms with van der Waals surface area (Å²) in [6, 6.07) is 0. The summed E-state index contributed by atoms with van der Waals surface area (Å²) in [5.41, 5.74) is 0. The van der Waals surface area contributed by atoms with Crippen molar-refractivity contribution in [3.63, 3.8) is 0 Å². The van der Waals surface area contributed by atoms with Gasteiger partial charge in [0.05, 0.1) is 6.61 Å². The van der Waals surface area contributed by atoms with Gasteiger partial charge < -0.3 is 4.74 Å². The fraction of sp³-hybridized carbons (Fsp3) is 0.773. The van der Waals surface area contributed by atoms with E-state index in [1.165, 1.54) is 51.4 Å². The second-order valence-electron chi connectivity index (χ2n) is 6.55. The van der Waals surface area contributed by atoms with Crippen LogP contribution in [-0.4, -0.2) is 12.6 Å². The van der Waals surface area contributed by atoms with E-state index < -0.39 is 0 Å². The lowest BCUT2D eigenvalue weighted by Crippen LogP contribution is -2.05.